The normalized spacial score (nSPS) is 16.9. The van der Waals surface area contributed by atoms with Crippen molar-refractivity contribution in [1.29, 1.82) is 0 Å². The van der Waals surface area contributed by atoms with Gasteiger partial charge in [-0.25, -0.2) is 4.68 Å². The molecule has 3 heterocycles. The van der Waals surface area contributed by atoms with Crippen molar-refractivity contribution in [3.63, 3.8) is 0 Å². The largest absolute Gasteiger partial charge is 0.332 e. The number of amides is 1. The molecule has 0 saturated heterocycles. The third kappa shape index (κ3) is 2.68. The first-order valence-corrected chi connectivity index (χ1v) is 7.96. The van der Waals surface area contributed by atoms with Crippen molar-refractivity contribution < 1.29 is 4.79 Å². The van der Waals surface area contributed by atoms with Crippen molar-refractivity contribution in [3.05, 3.63) is 65.2 Å². The Morgan fingerprint density at radius 3 is 3.00 bits per heavy atom. The van der Waals surface area contributed by atoms with E-state index in [-0.39, 0.29) is 11.8 Å². The van der Waals surface area contributed by atoms with Crippen LogP contribution in [0.4, 0.5) is 0 Å². The number of fused-ring (bicyclic) bond motifs is 1. The Morgan fingerprint density at radius 2 is 2.17 bits per heavy atom. The van der Waals surface area contributed by atoms with Gasteiger partial charge in [0.15, 0.2) is 5.69 Å². The predicted octanol–water partition coefficient (Wildman–Crippen LogP) is 1.81. The number of aromatic nitrogens is 5. The highest BCUT2D eigenvalue weighted by Gasteiger charge is 2.28. The second kappa shape index (κ2) is 5.92. The van der Waals surface area contributed by atoms with E-state index in [1.807, 2.05) is 30.3 Å². The molecule has 1 amide bonds. The first kappa shape index (κ1) is 14.6. The third-order valence-electron chi connectivity index (χ3n) is 4.33. The van der Waals surface area contributed by atoms with Crippen LogP contribution in [0, 0.1) is 0 Å². The molecule has 0 fully saturated rings. The molecular formula is C17H18N6O. The molecule has 7 nitrogen and oxygen atoms in total. The second-order valence-electron chi connectivity index (χ2n) is 6.18. The first-order valence-electron chi connectivity index (χ1n) is 7.96. The van der Waals surface area contributed by atoms with Gasteiger partial charge in [0.05, 0.1) is 18.9 Å². The molecule has 0 saturated carbocycles. The van der Waals surface area contributed by atoms with E-state index in [0.29, 0.717) is 25.3 Å². The fourth-order valence-corrected chi connectivity index (χ4v) is 3.13. The van der Waals surface area contributed by atoms with Crippen molar-refractivity contribution in [1.82, 2.24) is 30.1 Å². The molecule has 0 spiro atoms. The van der Waals surface area contributed by atoms with Gasteiger partial charge in [-0.05, 0) is 5.56 Å². The molecule has 2 aromatic heterocycles. The zero-order valence-corrected chi connectivity index (χ0v) is 13.4. The average Bonchev–Trinajstić information content (AvgIpc) is 3.24. The van der Waals surface area contributed by atoms with E-state index in [0.717, 1.165) is 16.8 Å². The van der Waals surface area contributed by atoms with Gasteiger partial charge in [-0.2, -0.15) is 5.10 Å². The number of H-pyrrole nitrogens is 1. The van der Waals surface area contributed by atoms with Gasteiger partial charge in [0.2, 0.25) is 0 Å². The zero-order chi connectivity index (χ0) is 16.5. The number of hydrogen-bond donors (Lipinski definition) is 1. The van der Waals surface area contributed by atoms with Crippen LogP contribution in [0.15, 0.2) is 42.7 Å². The summed E-state index contributed by atoms with van der Waals surface area (Å²) in [5, 5.41) is 15.2. The molecule has 0 radical (unpaired) electrons. The van der Waals surface area contributed by atoms with Crippen molar-refractivity contribution in [2.24, 2.45) is 0 Å². The van der Waals surface area contributed by atoms with E-state index in [1.165, 1.54) is 0 Å². The SMILES string of the molecule is C[C@H]1CN(C(=O)c2cn(Cc3ccccc3)nn2)Cc2cn[nH]c21. The maximum atomic E-state index is 12.7. The summed E-state index contributed by atoms with van der Waals surface area (Å²) in [7, 11) is 0. The molecule has 24 heavy (non-hydrogen) atoms. The molecule has 7 heteroatoms. The molecule has 0 aliphatic carbocycles. The Kier molecular flexibility index (Phi) is 3.60. The molecule has 1 aliphatic heterocycles. The van der Waals surface area contributed by atoms with E-state index >= 15 is 0 Å². The van der Waals surface area contributed by atoms with Crippen LogP contribution in [0.3, 0.4) is 0 Å². The topological polar surface area (TPSA) is 79.7 Å². The lowest BCUT2D eigenvalue weighted by Crippen LogP contribution is -2.37. The van der Waals surface area contributed by atoms with E-state index in [9.17, 15) is 4.79 Å². The van der Waals surface area contributed by atoms with Gasteiger partial charge in [0.1, 0.15) is 0 Å². The number of carbonyl (C=O) groups is 1. The molecule has 0 unspecified atom stereocenters. The van der Waals surface area contributed by atoms with Crippen LogP contribution in [0.2, 0.25) is 0 Å². The minimum absolute atomic E-state index is 0.0898. The number of carbonyl (C=O) groups excluding carboxylic acids is 1. The van der Waals surface area contributed by atoms with Gasteiger partial charge in [-0.15, -0.1) is 5.10 Å². The third-order valence-corrected chi connectivity index (χ3v) is 4.33. The summed E-state index contributed by atoms with van der Waals surface area (Å²) in [5.41, 5.74) is 3.69. The van der Waals surface area contributed by atoms with Crippen LogP contribution in [0.25, 0.3) is 0 Å². The Hall–Kier alpha value is -2.96. The monoisotopic (exact) mass is 322 g/mol. The van der Waals surface area contributed by atoms with Gasteiger partial charge >= 0.3 is 0 Å². The van der Waals surface area contributed by atoms with Gasteiger partial charge < -0.3 is 4.90 Å². The maximum absolute atomic E-state index is 12.7. The number of nitrogens with one attached hydrogen (secondary N) is 1. The number of aromatic amines is 1. The van der Waals surface area contributed by atoms with Gasteiger partial charge in [0.25, 0.3) is 5.91 Å². The lowest BCUT2D eigenvalue weighted by molar-refractivity contribution is 0.0714. The van der Waals surface area contributed by atoms with Gasteiger partial charge in [-0.3, -0.25) is 9.89 Å². The molecule has 0 bridgehead atoms. The van der Waals surface area contributed by atoms with E-state index in [4.69, 9.17) is 0 Å². The molecule has 4 rings (SSSR count). The fourth-order valence-electron chi connectivity index (χ4n) is 3.13. The van der Waals surface area contributed by atoms with Crippen molar-refractivity contribution in [2.45, 2.75) is 25.9 Å². The highest BCUT2D eigenvalue weighted by atomic mass is 16.2. The van der Waals surface area contributed by atoms with E-state index in [2.05, 4.69) is 27.4 Å². The lowest BCUT2D eigenvalue weighted by atomic mass is 9.98. The zero-order valence-electron chi connectivity index (χ0n) is 13.4. The number of nitrogens with zero attached hydrogens (tertiary/aromatic N) is 5. The van der Waals surface area contributed by atoms with Crippen molar-refractivity contribution in [2.75, 3.05) is 6.54 Å². The average molecular weight is 322 g/mol. The molecule has 1 N–H and O–H groups in total. The maximum Gasteiger partial charge on any atom is 0.276 e. The fraction of sp³-hybridized carbons (Fsp3) is 0.294. The molecular weight excluding hydrogens is 304 g/mol. The Balaban J connectivity index is 1.50. The van der Waals surface area contributed by atoms with Crippen LogP contribution in [0.5, 0.6) is 0 Å². The quantitative estimate of drug-likeness (QED) is 0.797. The second-order valence-corrected chi connectivity index (χ2v) is 6.18. The number of hydrogen-bond acceptors (Lipinski definition) is 4. The molecule has 122 valence electrons. The van der Waals surface area contributed by atoms with Crippen molar-refractivity contribution >= 4 is 5.91 Å². The summed E-state index contributed by atoms with van der Waals surface area (Å²) >= 11 is 0. The summed E-state index contributed by atoms with van der Waals surface area (Å²) < 4.78 is 1.69. The van der Waals surface area contributed by atoms with Crippen LogP contribution in [-0.2, 0) is 13.1 Å². The van der Waals surface area contributed by atoms with Crippen LogP contribution >= 0.6 is 0 Å². The minimum Gasteiger partial charge on any atom is -0.332 e. The molecule has 3 aromatic rings. The summed E-state index contributed by atoms with van der Waals surface area (Å²) in [5.74, 6) is 0.146. The molecule has 1 aromatic carbocycles. The van der Waals surface area contributed by atoms with Crippen LogP contribution < -0.4 is 0 Å². The van der Waals surface area contributed by atoms with Crippen molar-refractivity contribution in [3.8, 4) is 0 Å². The highest BCUT2D eigenvalue weighted by Crippen LogP contribution is 2.26. The van der Waals surface area contributed by atoms with E-state index in [1.54, 1.807) is 22.0 Å². The predicted molar refractivity (Wildman–Crippen MR) is 87.3 cm³/mol. The van der Waals surface area contributed by atoms with Gasteiger partial charge in [-0.1, -0.05) is 42.5 Å². The summed E-state index contributed by atoms with van der Waals surface area (Å²) in [4.78, 5) is 14.5. The summed E-state index contributed by atoms with van der Waals surface area (Å²) in [6.45, 7) is 3.90. The number of benzene rings is 1. The number of rotatable bonds is 3. The first-order chi connectivity index (χ1) is 11.7. The summed E-state index contributed by atoms with van der Waals surface area (Å²) in [6.07, 6.45) is 3.50. The Bertz CT molecular complexity index is 853. The smallest absolute Gasteiger partial charge is 0.276 e. The van der Waals surface area contributed by atoms with Gasteiger partial charge in [0, 0.05) is 30.3 Å². The lowest BCUT2D eigenvalue weighted by Gasteiger charge is -2.29. The molecule has 1 aliphatic rings. The summed E-state index contributed by atoms with van der Waals surface area (Å²) in [6, 6.07) is 9.99. The minimum atomic E-state index is -0.0898. The highest BCUT2D eigenvalue weighted by molar-refractivity contribution is 5.92. The standard InChI is InChI=1S/C17H18N6O/c1-12-8-22(10-14-7-18-20-16(12)14)17(24)15-11-23(21-19-15)9-13-5-3-2-4-6-13/h2-7,11-12H,8-10H2,1H3,(H,18,20)/t12-/m0/s1. The van der Waals surface area contributed by atoms with Crippen LogP contribution in [0.1, 0.15) is 40.2 Å². The van der Waals surface area contributed by atoms with Crippen LogP contribution in [-0.4, -0.2) is 42.5 Å². The Morgan fingerprint density at radius 1 is 1.33 bits per heavy atom. The van der Waals surface area contributed by atoms with E-state index < -0.39 is 0 Å². The molecule has 1 atom stereocenters. The Labute approximate surface area is 139 Å².